The van der Waals surface area contributed by atoms with Gasteiger partial charge in [-0.1, -0.05) is 0 Å². The summed E-state index contributed by atoms with van der Waals surface area (Å²) in [7, 11) is -3.48. The van der Waals surface area contributed by atoms with Crippen molar-refractivity contribution in [2.24, 2.45) is 17.8 Å². The molecule has 0 bridgehead atoms. The van der Waals surface area contributed by atoms with Gasteiger partial charge < -0.3 is 0 Å². The van der Waals surface area contributed by atoms with Crippen molar-refractivity contribution in [1.82, 2.24) is 4.72 Å². The van der Waals surface area contributed by atoms with Crippen molar-refractivity contribution in [3.63, 3.8) is 0 Å². The Kier molecular flexibility index (Phi) is 3.76. The van der Waals surface area contributed by atoms with E-state index in [0.717, 1.165) is 11.8 Å². The second kappa shape index (κ2) is 5.43. The molecule has 0 atom stereocenters. The molecule has 112 valence electrons. The predicted molar refractivity (Wildman–Crippen MR) is 80.0 cm³/mol. The topological polar surface area (TPSA) is 70.0 Å². The third-order valence-corrected chi connectivity index (χ3v) is 6.14. The maximum atomic E-state index is 12.4. The third kappa shape index (κ3) is 3.28. The molecule has 21 heavy (non-hydrogen) atoms. The molecule has 1 aromatic carbocycles. The van der Waals surface area contributed by atoms with Crippen LogP contribution in [-0.4, -0.2) is 15.0 Å². The van der Waals surface area contributed by atoms with Crippen molar-refractivity contribution in [3.05, 3.63) is 29.3 Å². The summed E-state index contributed by atoms with van der Waals surface area (Å²) in [5.74, 6) is 1.96. The van der Waals surface area contributed by atoms with Crippen molar-refractivity contribution in [3.8, 4) is 6.07 Å². The molecule has 2 aliphatic rings. The van der Waals surface area contributed by atoms with Crippen LogP contribution in [0.2, 0.25) is 0 Å². The van der Waals surface area contributed by atoms with Gasteiger partial charge in [0.2, 0.25) is 10.0 Å². The first-order chi connectivity index (χ1) is 10.0. The fourth-order valence-electron chi connectivity index (χ4n) is 3.07. The van der Waals surface area contributed by atoms with Crippen LogP contribution in [-0.2, 0) is 10.0 Å². The molecule has 4 nitrogen and oxygen atoms in total. The zero-order chi connectivity index (χ0) is 15.0. The normalized spacial score (nSPS) is 18.7. The minimum Gasteiger partial charge on any atom is -0.211 e. The SMILES string of the molecule is Cc1cc(C#N)ccc1S(=O)(=O)NCC(C1CC1)C1CC1. The highest BCUT2D eigenvalue weighted by Gasteiger charge is 2.41. The lowest BCUT2D eigenvalue weighted by Crippen LogP contribution is -2.31. The van der Waals surface area contributed by atoms with Gasteiger partial charge in [0.1, 0.15) is 0 Å². The highest BCUT2D eigenvalue weighted by Crippen LogP contribution is 2.48. The average Bonchev–Trinajstić information content (AvgIpc) is 3.31. The number of nitrogens with one attached hydrogen (secondary N) is 1. The number of aryl methyl sites for hydroxylation is 1. The van der Waals surface area contributed by atoms with E-state index in [1.807, 2.05) is 6.07 Å². The summed E-state index contributed by atoms with van der Waals surface area (Å²) < 4.78 is 27.7. The molecule has 0 aliphatic heterocycles. The Balaban J connectivity index is 1.72. The van der Waals surface area contributed by atoms with Gasteiger partial charge in [-0.2, -0.15) is 5.26 Å². The summed E-state index contributed by atoms with van der Waals surface area (Å²) in [6, 6.07) is 6.73. The van der Waals surface area contributed by atoms with E-state index < -0.39 is 10.0 Å². The van der Waals surface area contributed by atoms with E-state index in [1.165, 1.54) is 31.7 Å². The van der Waals surface area contributed by atoms with Crippen molar-refractivity contribution in [2.45, 2.75) is 37.5 Å². The molecule has 2 aliphatic carbocycles. The summed E-state index contributed by atoms with van der Waals surface area (Å²) in [5.41, 5.74) is 1.11. The third-order valence-electron chi connectivity index (χ3n) is 4.56. The minimum atomic E-state index is -3.48. The van der Waals surface area contributed by atoms with Crippen LogP contribution in [0.3, 0.4) is 0 Å². The number of sulfonamides is 1. The van der Waals surface area contributed by atoms with Crippen LogP contribution in [0, 0.1) is 36.0 Å². The first kappa shape index (κ1) is 14.6. The lowest BCUT2D eigenvalue weighted by atomic mass is 9.99. The molecule has 0 saturated heterocycles. The first-order valence-electron chi connectivity index (χ1n) is 7.51. The number of rotatable bonds is 6. The number of hydrogen-bond acceptors (Lipinski definition) is 3. The van der Waals surface area contributed by atoms with Gasteiger partial charge in [-0.05, 0) is 74.1 Å². The van der Waals surface area contributed by atoms with Crippen LogP contribution in [0.25, 0.3) is 0 Å². The molecule has 2 saturated carbocycles. The lowest BCUT2D eigenvalue weighted by molar-refractivity contribution is 0.401. The number of hydrogen-bond donors (Lipinski definition) is 1. The van der Waals surface area contributed by atoms with E-state index in [-0.39, 0.29) is 4.90 Å². The monoisotopic (exact) mass is 304 g/mol. The van der Waals surface area contributed by atoms with Crippen molar-refractivity contribution in [1.29, 1.82) is 5.26 Å². The molecule has 0 amide bonds. The molecule has 2 fully saturated rings. The van der Waals surface area contributed by atoms with Crippen molar-refractivity contribution >= 4 is 10.0 Å². The van der Waals surface area contributed by atoms with Crippen molar-refractivity contribution < 1.29 is 8.42 Å². The van der Waals surface area contributed by atoms with Gasteiger partial charge >= 0.3 is 0 Å². The molecule has 1 N–H and O–H groups in total. The molecule has 0 heterocycles. The molecule has 0 spiro atoms. The molecule has 1 aromatic rings. The van der Waals surface area contributed by atoms with Gasteiger partial charge in [-0.15, -0.1) is 0 Å². The fraction of sp³-hybridized carbons (Fsp3) is 0.562. The molecular weight excluding hydrogens is 284 g/mol. The molecule has 5 heteroatoms. The highest BCUT2D eigenvalue weighted by molar-refractivity contribution is 7.89. The number of nitrogens with zero attached hydrogens (tertiary/aromatic N) is 1. The van der Waals surface area contributed by atoms with Crippen LogP contribution < -0.4 is 4.72 Å². The van der Waals surface area contributed by atoms with E-state index in [9.17, 15) is 8.42 Å². The Morgan fingerprint density at radius 2 is 1.90 bits per heavy atom. The summed E-state index contributed by atoms with van der Waals surface area (Å²) in [6.07, 6.45) is 5.00. The second-order valence-corrected chi connectivity index (χ2v) is 8.02. The smallest absolute Gasteiger partial charge is 0.211 e. The maximum absolute atomic E-state index is 12.4. The van der Waals surface area contributed by atoms with Crippen LogP contribution in [0.4, 0.5) is 0 Å². The van der Waals surface area contributed by atoms with Gasteiger partial charge in [0, 0.05) is 6.54 Å². The average molecular weight is 304 g/mol. The second-order valence-electron chi connectivity index (χ2n) is 6.28. The van der Waals surface area contributed by atoms with Gasteiger partial charge in [0.05, 0.1) is 16.5 Å². The largest absolute Gasteiger partial charge is 0.240 e. The zero-order valence-electron chi connectivity index (χ0n) is 12.2. The quantitative estimate of drug-likeness (QED) is 0.878. The Bertz CT molecular complexity index is 671. The molecule has 3 rings (SSSR count). The van der Waals surface area contributed by atoms with E-state index in [4.69, 9.17) is 5.26 Å². The first-order valence-corrected chi connectivity index (χ1v) is 9.00. The van der Waals surface area contributed by atoms with Gasteiger partial charge in [0.25, 0.3) is 0 Å². The van der Waals surface area contributed by atoms with Gasteiger partial charge in [-0.3, -0.25) is 0 Å². The predicted octanol–water partition coefficient (Wildman–Crippen LogP) is 2.58. The lowest BCUT2D eigenvalue weighted by Gasteiger charge is -2.17. The zero-order valence-corrected chi connectivity index (χ0v) is 13.0. The van der Waals surface area contributed by atoms with Crippen molar-refractivity contribution in [2.75, 3.05) is 6.54 Å². The summed E-state index contributed by atoms with van der Waals surface area (Å²) in [6.45, 7) is 2.28. The van der Waals surface area contributed by atoms with E-state index >= 15 is 0 Å². The molecule has 0 aromatic heterocycles. The number of nitriles is 1. The summed E-state index contributed by atoms with van der Waals surface area (Å²) in [4.78, 5) is 0.284. The van der Waals surface area contributed by atoms with Crippen LogP contribution in [0.5, 0.6) is 0 Å². The summed E-state index contributed by atoms with van der Waals surface area (Å²) >= 11 is 0. The summed E-state index contributed by atoms with van der Waals surface area (Å²) in [5, 5.41) is 8.85. The van der Waals surface area contributed by atoms with Gasteiger partial charge in [-0.25, -0.2) is 13.1 Å². The minimum absolute atomic E-state index is 0.284. The van der Waals surface area contributed by atoms with Crippen LogP contribution >= 0.6 is 0 Å². The Morgan fingerprint density at radius 1 is 1.29 bits per heavy atom. The van der Waals surface area contributed by atoms with E-state index in [1.54, 1.807) is 19.1 Å². The van der Waals surface area contributed by atoms with Crippen LogP contribution in [0.15, 0.2) is 23.1 Å². The fourth-order valence-corrected chi connectivity index (χ4v) is 4.37. The van der Waals surface area contributed by atoms with E-state index in [0.29, 0.717) is 23.6 Å². The highest BCUT2D eigenvalue weighted by atomic mass is 32.2. The van der Waals surface area contributed by atoms with E-state index in [2.05, 4.69) is 4.72 Å². The molecular formula is C16H20N2O2S. The Hall–Kier alpha value is -1.38. The number of benzene rings is 1. The van der Waals surface area contributed by atoms with Crippen LogP contribution in [0.1, 0.15) is 36.8 Å². The standard InChI is InChI=1S/C16H20N2O2S/c1-11-8-12(9-17)2-7-16(11)21(19,20)18-10-15(13-3-4-13)14-5-6-14/h2,7-8,13-15,18H,3-6,10H2,1H3. The maximum Gasteiger partial charge on any atom is 0.240 e. The Morgan fingerprint density at radius 3 is 2.38 bits per heavy atom. The van der Waals surface area contributed by atoms with Gasteiger partial charge in [0.15, 0.2) is 0 Å². The molecule has 0 unspecified atom stereocenters. The Labute approximate surface area is 126 Å². The molecule has 0 radical (unpaired) electrons.